The van der Waals surface area contributed by atoms with Gasteiger partial charge in [-0.2, -0.15) is 0 Å². The average Bonchev–Trinajstić information content (AvgIpc) is 2.88. The van der Waals surface area contributed by atoms with Gasteiger partial charge in [0.15, 0.2) is 0 Å². The summed E-state index contributed by atoms with van der Waals surface area (Å²) in [5.41, 5.74) is 1.17. The van der Waals surface area contributed by atoms with Crippen molar-refractivity contribution in [1.29, 1.82) is 0 Å². The van der Waals surface area contributed by atoms with Gasteiger partial charge in [0.2, 0.25) is 0 Å². The van der Waals surface area contributed by atoms with Crippen molar-refractivity contribution in [2.75, 3.05) is 32.5 Å². The van der Waals surface area contributed by atoms with Gasteiger partial charge in [-0.05, 0) is 39.6 Å². The molecule has 2 rings (SSSR count). The van der Waals surface area contributed by atoms with E-state index in [9.17, 15) is 14.9 Å². The minimum Gasteiger partial charge on any atom is -0.323 e. The lowest BCUT2D eigenvalue weighted by atomic mass is 10.2. The van der Waals surface area contributed by atoms with Crippen LogP contribution in [0.4, 0.5) is 16.2 Å². The maximum Gasteiger partial charge on any atom is 0.321 e. The van der Waals surface area contributed by atoms with E-state index in [1.54, 1.807) is 24.0 Å². The van der Waals surface area contributed by atoms with Crippen molar-refractivity contribution in [2.24, 2.45) is 0 Å². The quantitative estimate of drug-likeness (QED) is 0.683. The van der Waals surface area contributed by atoms with Crippen LogP contribution in [0.3, 0.4) is 0 Å². The molecule has 0 aliphatic carbocycles. The van der Waals surface area contributed by atoms with Crippen LogP contribution < -0.4 is 5.32 Å². The number of carbonyl (C=O) groups excluding carboxylic acids is 1. The van der Waals surface area contributed by atoms with Crippen LogP contribution in [0.25, 0.3) is 0 Å². The zero-order valence-electron chi connectivity index (χ0n) is 12.5. The molecule has 7 heteroatoms. The highest BCUT2D eigenvalue weighted by molar-refractivity contribution is 5.89. The Hall–Kier alpha value is -2.15. The van der Waals surface area contributed by atoms with Crippen LogP contribution in [-0.2, 0) is 0 Å². The lowest BCUT2D eigenvalue weighted by Crippen LogP contribution is -2.36. The fraction of sp³-hybridized carbons (Fsp3) is 0.500. The fourth-order valence-corrected chi connectivity index (χ4v) is 2.49. The molecule has 1 N–H and O–H groups in total. The minimum atomic E-state index is -0.427. The van der Waals surface area contributed by atoms with Gasteiger partial charge in [-0.25, -0.2) is 4.79 Å². The van der Waals surface area contributed by atoms with Crippen LogP contribution in [0.5, 0.6) is 0 Å². The van der Waals surface area contributed by atoms with E-state index >= 15 is 0 Å². The van der Waals surface area contributed by atoms with Gasteiger partial charge in [-0.3, -0.25) is 10.1 Å². The Morgan fingerprint density at radius 1 is 1.48 bits per heavy atom. The predicted molar refractivity (Wildman–Crippen MR) is 80.5 cm³/mol. The Morgan fingerprint density at radius 3 is 2.71 bits per heavy atom. The van der Waals surface area contributed by atoms with Crippen LogP contribution in [-0.4, -0.2) is 54.0 Å². The topological polar surface area (TPSA) is 78.7 Å². The molecule has 1 saturated heterocycles. The Kier molecular flexibility index (Phi) is 4.42. The van der Waals surface area contributed by atoms with Gasteiger partial charge < -0.3 is 15.1 Å². The van der Waals surface area contributed by atoms with Crippen LogP contribution in [0.15, 0.2) is 18.2 Å². The molecule has 1 aliphatic heterocycles. The molecule has 0 radical (unpaired) electrons. The zero-order valence-corrected chi connectivity index (χ0v) is 12.5. The predicted octanol–water partition coefficient (Wildman–Crippen LogP) is 2.07. The number of amides is 2. The number of nitro groups is 1. The van der Waals surface area contributed by atoms with Gasteiger partial charge >= 0.3 is 6.03 Å². The van der Waals surface area contributed by atoms with E-state index in [2.05, 4.69) is 10.2 Å². The molecule has 2 amide bonds. The summed E-state index contributed by atoms with van der Waals surface area (Å²) in [5.74, 6) is 0. The highest BCUT2D eigenvalue weighted by atomic mass is 16.6. The molecule has 1 aromatic carbocycles. The summed E-state index contributed by atoms with van der Waals surface area (Å²) in [6.07, 6.45) is 0.958. The summed E-state index contributed by atoms with van der Waals surface area (Å²) in [6, 6.07) is 4.82. The maximum absolute atomic E-state index is 12.2. The first kappa shape index (κ1) is 15.2. The molecular formula is C14H20N4O3. The largest absolute Gasteiger partial charge is 0.323 e. The molecular weight excluding hydrogens is 272 g/mol. The van der Waals surface area contributed by atoms with Crippen LogP contribution in [0.2, 0.25) is 0 Å². The number of anilines is 1. The monoisotopic (exact) mass is 292 g/mol. The number of aryl methyl sites for hydroxylation is 1. The Bertz CT molecular complexity index is 559. The van der Waals surface area contributed by atoms with Crippen molar-refractivity contribution in [2.45, 2.75) is 19.4 Å². The SMILES string of the molecule is Cc1cc(NC(=O)N2CCC(N(C)C)C2)ccc1[N+](=O)[O-]. The smallest absolute Gasteiger partial charge is 0.321 e. The fourth-order valence-electron chi connectivity index (χ4n) is 2.49. The van der Waals surface area contributed by atoms with Crippen LogP contribution in [0, 0.1) is 17.0 Å². The number of benzene rings is 1. The number of carbonyl (C=O) groups is 1. The zero-order chi connectivity index (χ0) is 15.6. The molecule has 0 bridgehead atoms. The first-order valence-electron chi connectivity index (χ1n) is 6.86. The van der Waals surface area contributed by atoms with Gasteiger partial charge in [0.05, 0.1) is 4.92 Å². The summed E-state index contributed by atoms with van der Waals surface area (Å²) in [4.78, 5) is 26.4. The van der Waals surface area contributed by atoms with Gasteiger partial charge in [0, 0.05) is 36.4 Å². The number of nitro benzene ring substituents is 1. The van der Waals surface area contributed by atoms with E-state index in [4.69, 9.17) is 0 Å². The van der Waals surface area contributed by atoms with Crippen molar-refractivity contribution in [3.05, 3.63) is 33.9 Å². The molecule has 21 heavy (non-hydrogen) atoms. The number of urea groups is 1. The third kappa shape index (κ3) is 3.49. The molecule has 1 heterocycles. The summed E-state index contributed by atoms with van der Waals surface area (Å²) in [5, 5.41) is 13.6. The van der Waals surface area contributed by atoms with Gasteiger partial charge in [0.25, 0.3) is 5.69 Å². The van der Waals surface area contributed by atoms with Gasteiger partial charge in [-0.1, -0.05) is 0 Å². The molecule has 0 saturated carbocycles. The molecule has 1 fully saturated rings. The average molecular weight is 292 g/mol. The second-order valence-electron chi connectivity index (χ2n) is 5.54. The van der Waals surface area contributed by atoms with E-state index in [1.807, 2.05) is 14.1 Å². The normalized spacial score (nSPS) is 18.1. The number of hydrogen-bond acceptors (Lipinski definition) is 4. The van der Waals surface area contributed by atoms with Crippen molar-refractivity contribution >= 4 is 17.4 Å². The van der Waals surface area contributed by atoms with E-state index in [-0.39, 0.29) is 11.7 Å². The van der Waals surface area contributed by atoms with Crippen molar-refractivity contribution in [1.82, 2.24) is 9.80 Å². The summed E-state index contributed by atoms with van der Waals surface area (Å²) in [7, 11) is 4.01. The summed E-state index contributed by atoms with van der Waals surface area (Å²) in [6.45, 7) is 3.08. The van der Waals surface area contributed by atoms with E-state index in [1.165, 1.54) is 6.07 Å². The minimum absolute atomic E-state index is 0.0573. The molecule has 114 valence electrons. The second kappa shape index (κ2) is 6.09. The van der Waals surface area contributed by atoms with Crippen molar-refractivity contribution in [3.8, 4) is 0 Å². The molecule has 1 aromatic rings. The van der Waals surface area contributed by atoms with Gasteiger partial charge in [-0.15, -0.1) is 0 Å². The van der Waals surface area contributed by atoms with Crippen LogP contribution >= 0.6 is 0 Å². The number of likely N-dealkylation sites (N-methyl/N-ethyl adjacent to an activating group) is 1. The highest BCUT2D eigenvalue weighted by Gasteiger charge is 2.27. The highest BCUT2D eigenvalue weighted by Crippen LogP contribution is 2.22. The van der Waals surface area contributed by atoms with E-state index in [0.717, 1.165) is 13.0 Å². The first-order valence-corrected chi connectivity index (χ1v) is 6.86. The maximum atomic E-state index is 12.2. The van der Waals surface area contributed by atoms with Crippen molar-refractivity contribution < 1.29 is 9.72 Å². The number of nitrogens with one attached hydrogen (secondary N) is 1. The number of rotatable bonds is 3. The van der Waals surface area contributed by atoms with E-state index < -0.39 is 4.92 Å². The Morgan fingerprint density at radius 2 is 2.19 bits per heavy atom. The number of hydrogen-bond donors (Lipinski definition) is 1. The third-order valence-electron chi connectivity index (χ3n) is 3.83. The van der Waals surface area contributed by atoms with Crippen LogP contribution in [0.1, 0.15) is 12.0 Å². The molecule has 0 spiro atoms. The standard InChI is InChI=1S/C14H20N4O3/c1-10-8-11(4-5-13(10)18(20)21)15-14(19)17-7-6-12(9-17)16(2)3/h4-5,8,12H,6-7,9H2,1-3H3,(H,15,19). The second-order valence-corrected chi connectivity index (χ2v) is 5.54. The first-order chi connectivity index (χ1) is 9.88. The molecule has 0 aromatic heterocycles. The van der Waals surface area contributed by atoms with Gasteiger partial charge in [0.1, 0.15) is 0 Å². The summed E-state index contributed by atoms with van der Waals surface area (Å²) < 4.78 is 0. The molecule has 1 aliphatic rings. The third-order valence-corrected chi connectivity index (χ3v) is 3.83. The lowest BCUT2D eigenvalue weighted by Gasteiger charge is -2.20. The van der Waals surface area contributed by atoms with Crippen molar-refractivity contribution in [3.63, 3.8) is 0 Å². The Labute approximate surface area is 123 Å². The molecule has 1 atom stereocenters. The molecule has 7 nitrogen and oxygen atoms in total. The number of likely N-dealkylation sites (tertiary alicyclic amines) is 1. The Balaban J connectivity index is 2.00. The lowest BCUT2D eigenvalue weighted by molar-refractivity contribution is -0.385. The number of nitrogens with zero attached hydrogens (tertiary/aromatic N) is 3. The van der Waals surface area contributed by atoms with E-state index in [0.29, 0.717) is 23.8 Å². The summed E-state index contributed by atoms with van der Waals surface area (Å²) >= 11 is 0. The molecule has 1 unspecified atom stereocenters.